The summed E-state index contributed by atoms with van der Waals surface area (Å²) in [5, 5.41) is 13.5. The first-order valence-corrected chi connectivity index (χ1v) is 11.3. The number of hydrogen-bond donors (Lipinski definition) is 3. The Bertz CT molecular complexity index is 1230. The van der Waals surface area contributed by atoms with Crippen LogP contribution in [-0.2, 0) is 9.59 Å². The van der Waals surface area contributed by atoms with Crippen LogP contribution in [0, 0.1) is 5.92 Å². The molecular formula is C26H26N4O4. The van der Waals surface area contributed by atoms with Gasteiger partial charge in [-0.2, -0.15) is 0 Å². The van der Waals surface area contributed by atoms with Crippen molar-refractivity contribution in [2.45, 2.75) is 18.6 Å². The molecule has 0 spiro atoms. The topological polar surface area (TPSA) is 104 Å². The van der Waals surface area contributed by atoms with Gasteiger partial charge in [0.1, 0.15) is 11.9 Å². The molecule has 0 aliphatic carbocycles. The first kappa shape index (κ1) is 22.1. The Morgan fingerprint density at radius 2 is 1.97 bits per heavy atom. The van der Waals surface area contributed by atoms with Crippen molar-refractivity contribution < 1.29 is 19.5 Å². The fraction of sp³-hybridized carbons (Fsp3) is 0.269. The number of nitrogens with zero attached hydrogens (tertiary/aromatic N) is 2. The Hall–Kier alpha value is -3.75. The number of pyridine rings is 1. The van der Waals surface area contributed by atoms with Gasteiger partial charge in [0.05, 0.1) is 17.5 Å². The van der Waals surface area contributed by atoms with Crippen LogP contribution in [0.4, 0.5) is 0 Å². The van der Waals surface area contributed by atoms with Crippen molar-refractivity contribution in [3.63, 3.8) is 0 Å². The van der Waals surface area contributed by atoms with Crippen LogP contribution in [0.2, 0.25) is 0 Å². The van der Waals surface area contributed by atoms with Crippen molar-refractivity contribution in [2.75, 3.05) is 19.6 Å². The molecule has 8 heteroatoms. The number of hydrogen-bond acceptors (Lipinski definition) is 6. The zero-order valence-electron chi connectivity index (χ0n) is 18.6. The Labute approximate surface area is 197 Å². The van der Waals surface area contributed by atoms with Crippen molar-refractivity contribution in [3.8, 4) is 5.75 Å². The van der Waals surface area contributed by atoms with E-state index in [0.717, 1.165) is 22.0 Å². The van der Waals surface area contributed by atoms with Crippen LogP contribution in [-0.4, -0.2) is 58.7 Å². The molecule has 3 N–H and O–H groups in total. The van der Waals surface area contributed by atoms with Crippen LogP contribution >= 0.6 is 0 Å². The number of ether oxygens (including phenoxy) is 1. The lowest BCUT2D eigenvalue weighted by atomic mass is 9.87. The summed E-state index contributed by atoms with van der Waals surface area (Å²) in [6, 6.07) is 18.7. The number of carbonyl (C=O) groups is 2. The van der Waals surface area contributed by atoms with Crippen molar-refractivity contribution in [1.82, 2.24) is 20.7 Å². The van der Waals surface area contributed by atoms with Crippen molar-refractivity contribution in [1.29, 1.82) is 0 Å². The molecule has 174 valence electrons. The highest BCUT2D eigenvalue weighted by molar-refractivity contribution is 5.92. The van der Waals surface area contributed by atoms with E-state index >= 15 is 0 Å². The number of rotatable bonds is 5. The molecule has 1 saturated heterocycles. The first-order valence-electron chi connectivity index (χ1n) is 11.3. The molecule has 2 unspecified atom stereocenters. The molecule has 1 aromatic heterocycles. The maximum absolute atomic E-state index is 13.3. The second-order valence-electron chi connectivity index (χ2n) is 8.62. The van der Waals surface area contributed by atoms with Gasteiger partial charge in [-0.3, -0.25) is 19.8 Å². The fourth-order valence-corrected chi connectivity index (χ4v) is 4.69. The SMILES string of the molecule is O=C(NO)C1C[C@H](Oc2ccc3cccnc3c2)CNC1C(=O)N1CC=C(c2ccccc2)C1. The van der Waals surface area contributed by atoms with Crippen molar-refractivity contribution in [3.05, 3.63) is 78.5 Å². The average Bonchev–Trinajstić information content (AvgIpc) is 3.39. The van der Waals surface area contributed by atoms with E-state index in [1.165, 1.54) is 0 Å². The molecule has 3 atom stereocenters. The maximum atomic E-state index is 13.3. The highest BCUT2D eigenvalue weighted by atomic mass is 16.5. The lowest BCUT2D eigenvalue weighted by Gasteiger charge is -2.36. The molecular weight excluding hydrogens is 432 g/mol. The second kappa shape index (κ2) is 9.62. The normalized spacial score (nSPS) is 22.3. The summed E-state index contributed by atoms with van der Waals surface area (Å²) in [5.74, 6) is -0.892. The van der Waals surface area contributed by atoms with Gasteiger partial charge in [0.25, 0.3) is 0 Å². The van der Waals surface area contributed by atoms with Crippen LogP contribution < -0.4 is 15.5 Å². The smallest absolute Gasteiger partial charge is 0.248 e. The standard InChI is InChI=1S/C26H26N4O4/c31-25(29-33)22-13-21(34-20-9-8-18-7-4-11-27-23(18)14-20)15-28-24(22)26(32)30-12-10-19(16-30)17-5-2-1-3-6-17/h1-11,14,21-22,24,28,33H,12-13,15-16H2,(H,29,31)/t21-,22?,24?/m0/s1. The molecule has 5 rings (SSSR count). The lowest BCUT2D eigenvalue weighted by Crippen LogP contribution is -2.60. The summed E-state index contributed by atoms with van der Waals surface area (Å²) in [6.07, 6.45) is 3.71. The third-order valence-corrected chi connectivity index (χ3v) is 6.45. The maximum Gasteiger partial charge on any atom is 0.248 e. The monoisotopic (exact) mass is 458 g/mol. The number of aromatic nitrogens is 1. The molecule has 2 aliphatic heterocycles. The van der Waals surface area contributed by atoms with Gasteiger partial charge in [0.2, 0.25) is 11.8 Å². The van der Waals surface area contributed by atoms with Gasteiger partial charge in [0.15, 0.2) is 0 Å². The van der Waals surface area contributed by atoms with Crippen LogP contribution in [0.3, 0.4) is 0 Å². The Morgan fingerprint density at radius 3 is 2.79 bits per heavy atom. The lowest BCUT2D eigenvalue weighted by molar-refractivity contribution is -0.144. The van der Waals surface area contributed by atoms with Crippen LogP contribution in [0.25, 0.3) is 16.5 Å². The Kier molecular flexibility index (Phi) is 6.24. The molecule has 34 heavy (non-hydrogen) atoms. The van der Waals surface area contributed by atoms with E-state index in [-0.39, 0.29) is 12.0 Å². The average molecular weight is 459 g/mol. The van der Waals surface area contributed by atoms with Crippen molar-refractivity contribution in [2.24, 2.45) is 5.92 Å². The third kappa shape index (κ3) is 4.50. The predicted octanol–water partition coefficient (Wildman–Crippen LogP) is 2.39. The second-order valence-corrected chi connectivity index (χ2v) is 8.62. The van der Waals surface area contributed by atoms with E-state index in [1.807, 2.05) is 66.7 Å². The molecule has 3 aromatic rings. The van der Waals surface area contributed by atoms with Gasteiger partial charge < -0.3 is 15.0 Å². The molecule has 0 saturated carbocycles. The highest BCUT2D eigenvalue weighted by Crippen LogP contribution is 2.27. The molecule has 8 nitrogen and oxygen atoms in total. The minimum Gasteiger partial charge on any atom is -0.489 e. The summed E-state index contributed by atoms with van der Waals surface area (Å²) in [4.78, 5) is 31.9. The van der Waals surface area contributed by atoms with Crippen LogP contribution in [0.15, 0.2) is 72.9 Å². The zero-order chi connectivity index (χ0) is 23.5. The summed E-state index contributed by atoms with van der Waals surface area (Å²) >= 11 is 0. The van der Waals surface area contributed by atoms with Gasteiger partial charge in [-0.05, 0) is 35.8 Å². The van der Waals surface area contributed by atoms with E-state index in [1.54, 1.807) is 16.6 Å². The number of piperidine rings is 1. The molecule has 2 aliphatic rings. The number of benzene rings is 2. The van der Waals surface area contributed by atoms with Gasteiger partial charge in [-0.1, -0.05) is 42.5 Å². The Morgan fingerprint density at radius 1 is 1.12 bits per heavy atom. The predicted molar refractivity (Wildman–Crippen MR) is 127 cm³/mol. The number of hydroxylamine groups is 1. The van der Waals surface area contributed by atoms with Gasteiger partial charge in [-0.25, -0.2) is 5.48 Å². The number of nitrogens with one attached hydrogen (secondary N) is 2. The largest absolute Gasteiger partial charge is 0.489 e. The van der Waals surface area contributed by atoms with E-state index in [0.29, 0.717) is 31.8 Å². The minimum absolute atomic E-state index is 0.163. The van der Waals surface area contributed by atoms with Gasteiger partial charge in [0, 0.05) is 37.3 Å². The molecule has 3 heterocycles. The van der Waals surface area contributed by atoms with Crippen molar-refractivity contribution >= 4 is 28.3 Å². The molecule has 0 radical (unpaired) electrons. The van der Waals surface area contributed by atoms with Gasteiger partial charge in [-0.15, -0.1) is 0 Å². The summed E-state index contributed by atoms with van der Waals surface area (Å²) < 4.78 is 6.12. The van der Waals surface area contributed by atoms with E-state index in [4.69, 9.17) is 4.74 Å². The molecule has 0 bridgehead atoms. The number of fused-ring (bicyclic) bond motifs is 1. The van der Waals surface area contributed by atoms with Crippen LogP contribution in [0.5, 0.6) is 5.75 Å². The molecule has 2 aromatic carbocycles. The quantitative estimate of drug-likeness (QED) is 0.401. The third-order valence-electron chi connectivity index (χ3n) is 6.45. The molecule has 1 fully saturated rings. The summed E-state index contributed by atoms with van der Waals surface area (Å²) in [7, 11) is 0. The zero-order valence-corrected chi connectivity index (χ0v) is 18.6. The highest BCUT2D eigenvalue weighted by Gasteiger charge is 2.42. The van der Waals surface area contributed by atoms with E-state index in [9.17, 15) is 14.8 Å². The summed E-state index contributed by atoms with van der Waals surface area (Å²) in [6.45, 7) is 1.37. The number of carbonyl (C=O) groups excluding carboxylic acids is 2. The number of amides is 2. The van der Waals surface area contributed by atoms with E-state index < -0.39 is 17.9 Å². The van der Waals surface area contributed by atoms with Gasteiger partial charge >= 0.3 is 0 Å². The van der Waals surface area contributed by atoms with E-state index in [2.05, 4.69) is 10.3 Å². The van der Waals surface area contributed by atoms with Crippen LogP contribution in [0.1, 0.15) is 12.0 Å². The minimum atomic E-state index is -0.768. The summed E-state index contributed by atoms with van der Waals surface area (Å²) in [5.41, 5.74) is 4.71. The Balaban J connectivity index is 1.26. The first-order chi connectivity index (χ1) is 16.6. The fourth-order valence-electron chi connectivity index (χ4n) is 4.69. The molecule has 2 amide bonds.